The van der Waals surface area contributed by atoms with Gasteiger partial charge in [0.1, 0.15) is 5.82 Å². The molecule has 0 amide bonds. The normalized spacial score (nSPS) is 10.8. The summed E-state index contributed by atoms with van der Waals surface area (Å²) in [6.07, 6.45) is 0.150. The van der Waals surface area contributed by atoms with E-state index in [0.29, 0.717) is 15.7 Å². The molecule has 0 aliphatic rings. The predicted molar refractivity (Wildman–Crippen MR) is 94.5 cm³/mol. The Hall–Kier alpha value is -2.30. The first-order chi connectivity index (χ1) is 12.0. The van der Waals surface area contributed by atoms with Gasteiger partial charge in [-0.15, -0.1) is 0 Å². The minimum absolute atomic E-state index is 0.120. The van der Waals surface area contributed by atoms with Gasteiger partial charge in [-0.05, 0) is 73.0 Å². The summed E-state index contributed by atoms with van der Waals surface area (Å²) in [5.74, 6) is -1.46. The zero-order valence-corrected chi connectivity index (χ0v) is 14.5. The standard InChI is InChI=1S/C19H14Cl2FNO2/c20-13-3-8-16(21)18(11-13)23-15(7-10-19(24)25)6-9-17(23)12-1-4-14(22)5-2-12/h1-6,8-9,11H,7,10H2,(H,24,25)/p-1. The summed E-state index contributed by atoms with van der Waals surface area (Å²) in [7, 11) is 0. The van der Waals surface area contributed by atoms with Crippen LogP contribution in [-0.2, 0) is 11.2 Å². The van der Waals surface area contributed by atoms with Crippen LogP contribution in [0.5, 0.6) is 0 Å². The highest BCUT2D eigenvalue weighted by Crippen LogP contribution is 2.32. The van der Waals surface area contributed by atoms with Gasteiger partial charge in [0.05, 0.1) is 16.4 Å². The molecule has 0 aliphatic carbocycles. The van der Waals surface area contributed by atoms with Gasteiger partial charge in [-0.25, -0.2) is 4.39 Å². The van der Waals surface area contributed by atoms with Crippen molar-refractivity contribution in [2.45, 2.75) is 12.8 Å². The first-order valence-electron chi connectivity index (χ1n) is 7.57. The molecule has 0 N–H and O–H groups in total. The molecule has 0 aliphatic heterocycles. The largest absolute Gasteiger partial charge is 0.550 e. The third-order valence-corrected chi connectivity index (χ3v) is 4.39. The molecule has 1 heterocycles. The topological polar surface area (TPSA) is 45.1 Å². The maximum Gasteiger partial charge on any atom is 0.123 e. The number of hydrogen-bond acceptors (Lipinski definition) is 2. The molecule has 0 fully saturated rings. The molecule has 6 heteroatoms. The minimum atomic E-state index is -1.13. The van der Waals surface area contributed by atoms with Crippen LogP contribution in [0.25, 0.3) is 16.9 Å². The molecule has 0 unspecified atom stereocenters. The van der Waals surface area contributed by atoms with E-state index in [0.717, 1.165) is 17.0 Å². The van der Waals surface area contributed by atoms with E-state index in [1.807, 2.05) is 16.7 Å². The van der Waals surface area contributed by atoms with Crippen LogP contribution < -0.4 is 5.11 Å². The van der Waals surface area contributed by atoms with Crippen LogP contribution in [-0.4, -0.2) is 10.5 Å². The molecular formula is C19H13Cl2FNO2-. The fourth-order valence-corrected chi connectivity index (χ4v) is 3.06. The van der Waals surface area contributed by atoms with Crippen LogP contribution in [0.1, 0.15) is 12.1 Å². The molecular weight excluding hydrogens is 364 g/mol. The number of aromatic nitrogens is 1. The molecule has 2 aromatic carbocycles. The molecule has 0 saturated carbocycles. The van der Waals surface area contributed by atoms with Crippen LogP contribution in [0.2, 0.25) is 10.0 Å². The van der Waals surface area contributed by atoms with Gasteiger partial charge in [0.2, 0.25) is 0 Å². The lowest BCUT2D eigenvalue weighted by Gasteiger charge is -2.16. The van der Waals surface area contributed by atoms with E-state index < -0.39 is 5.97 Å². The fourth-order valence-electron chi connectivity index (χ4n) is 2.69. The number of carboxylic acids is 1. The zero-order chi connectivity index (χ0) is 18.0. The van der Waals surface area contributed by atoms with Crippen molar-refractivity contribution < 1.29 is 14.3 Å². The Labute approximate surface area is 154 Å². The number of halogens is 3. The molecule has 0 radical (unpaired) electrons. The van der Waals surface area contributed by atoms with Crippen molar-refractivity contribution in [1.82, 2.24) is 4.57 Å². The van der Waals surface area contributed by atoms with Gasteiger partial charge < -0.3 is 14.5 Å². The lowest BCUT2D eigenvalue weighted by Crippen LogP contribution is -2.22. The van der Waals surface area contributed by atoms with Gasteiger partial charge in [0.15, 0.2) is 0 Å². The van der Waals surface area contributed by atoms with E-state index in [-0.39, 0.29) is 18.7 Å². The lowest BCUT2D eigenvalue weighted by atomic mass is 10.1. The zero-order valence-electron chi connectivity index (χ0n) is 13.0. The molecule has 0 bridgehead atoms. The average molecular weight is 377 g/mol. The first kappa shape index (κ1) is 17.5. The van der Waals surface area contributed by atoms with Gasteiger partial charge >= 0.3 is 0 Å². The molecule has 3 nitrogen and oxygen atoms in total. The third kappa shape index (κ3) is 3.86. The molecule has 1 aromatic heterocycles. The van der Waals surface area contributed by atoms with Crippen molar-refractivity contribution >= 4 is 29.2 Å². The number of rotatable bonds is 5. The predicted octanol–water partition coefficient (Wildman–Crippen LogP) is 4.27. The average Bonchev–Trinajstić information content (AvgIpc) is 2.99. The smallest absolute Gasteiger partial charge is 0.123 e. The van der Waals surface area contributed by atoms with E-state index >= 15 is 0 Å². The number of carboxylic acid groups (broad SMARTS) is 1. The SMILES string of the molecule is O=C([O-])CCc1ccc(-c2ccc(F)cc2)n1-c1cc(Cl)ccc1Cl. The Balaban J connectivity index is 2.17. The van der Waals surface area contributed by atoms with Gasteiger partial charge in [0, 0.05) is 16.7 Å². The number of nitrogens with zero attached hydrogens (tertiary/aromatic N) is 1. The second-order valence-electron chi connectivity index (χ2n) is 5.52. The van der Waals surface area contributed by atoms with Gasteiger partial charge in [-0.2, -0.15) is 0 Å². The number of carbonyl (C=O) groups excluding carboxylic acids is 1. The van der Waals surface area contributed by atoms with E-state index in [2.05, 4.69) is 0 Å². The molecule has 0 spiro atoms. The summed E-state index contributed by atoms with van der Waals surface area (Å²) in [6.45, 7) is 0. The molecule has 128 valence electrons. The van der Waals surface area contributed by atoms with E-state index in [4.69, 9.17) is 23.2 Å². The van der Waals surface area contributed by atoms with Gasteiger partial charge in [-0.3, -0.25) is 0 Å². The number of carbonyl (C=O) groups is 1. The molecule has 0 atom stereocenters. The van der Waals surface area contributed by atoms with Crippen molar-refractivity contribution in [3.63, 3.8) is 0 Å². The quantitative estimate of drug-likeness (QED) is 0.667. The molecule has 25 heavy (non-hydrogen) atoms. The maximum atomic E-state index is 13.2. The maximum absolute atomic E-state index is 13.2. The number of aliphatic carboxylic acids is 1. The summed E-state index contributed by atoms with van der Waals surface area (Å²) < 4.78 is 15.1. The number of hydrogen-bond donors (Lipinski definition) is 0. The Morgan fingerprint density at radius 3 is 2.44 bits per heavy atom. The van der Waals surface area contributed by atoms with Crippen molar-refractivity contribution in [3.05, 3.63) is 76.2 Å². The van der Waals surface area contributed by atoms with E-state index in [1.165, 1.54) is 12.1 Å². The lowest BCUT2D eigenvalue weighted by molar-refractivity contribution is -0.305. The number of benzene rings is 2. The monoisotopic (exact) mass is 376 g/mol. The second-order valence-corrected chi connectivity index (χ2v) is 6.36. The Morgan fingerprint density at radius 1 is 1.04 bits per heavy atom. The second kappa shape index (κ2) is 7.30. The summed E-state index contributed by atoms with van der Waals surface area (Å²) in [5.41, 5.74) is 2.91. The highest BCUT2D eigenvalue weighted by molar-refractivity contribution is 6.34. The van der Waals surface area contributed by atoms with Crippen LogP contribution in [0.3, 0.4) is 0 Å². The molecule has 3 aromatic rings. The highest BCUT2D eigenvalue weighted by Gasteiger charge is 2.15. The van der Waals surface area contributed by atoms with Crippen LogP contribution >= 0.6 is 23.2 Å². The summed E-state index contributed by atoms with van der Waals surface area (Å²) >= 11 is 12.4. The van der Waals surface area contributed by atoms with Crippen LogP contribution in [0.4, 0.5) is 4.39 Å². The molecule has 0 saturated heterocycles. The van der Waals surface area contributed by atoms with E-state index in [1.54, 1.807) is 30.3 Å². The van der Waals surface area contributed by atoms with Crippen molar-refractivity contribution in [2.75, 3.05) is 0 Å². The van der Waals surface area contributed by atoms with Crippen molar-refractivity contribution in [1.29, 1.82) is 0 Å². The van der Waals surface area contributed by atoms with Gasteiger partial charge in [-0.1, -0.05) is 23.2 Å². The Bertz CT molecular complexity index is 920. The van der Waals surface area contributed by atoms with Gasteiger partial charge in [0.25, 0.3) is 0 Å². The Morgan fingerprint density at radius 2 is 1.76 bits per heavy atom. The summed E-state index contributed by atoms with van der Waals surface area (Å²) in [6, 6.07) is 14.8. The number of aryl methyl sites for hydroxylation is 1. The molecule has 3 rings (SSSR count). The van der Waals surface area contributed by atoms with Crippen molar-refractivity contribution in [2.24, 2.45) is 0 Å². The third-order valence-electron chi connectivity index (χ3n) is 3.84. The van der Waals surface area contributed by atoms with E-state index in [9.17, 15) is 14.3 Å². The Kier molecular flexibility index (Phi) is 5.11. The fraction of sp³-hybridized carbons (Fsp3) is 0.105. The van der Waals surface area contributed by atoms with Crippen molar-refractivity contribution in [3.8, 4) is 16.9 Å². The minimum Gasteiger partial charge on any atom is -0.550 e. The summed E-state index contributed by atoms with van der Waals surface area (Å²) in [4.78, 5) is 10.8. The first-order valence-corrected chi connectivity index (χ1v) is 8.33. The van der Waals surface area contributed by atoms with Crippen LogP contribution in [0, 0.1) is 5.82 Å². The highest BCUT2D eigenvalue weighted by atomic mass is 35.5. The summed E-state index contributed by atoms with van der Waals surface area (Å²) in [5, 5.41) is 11.8. The van der Waals surface area contributed by atoms with Crippen LogP contribution in [0.15, 0.2) is 54.6 Å².